The van der Waals surface area contributed by atoms with Gasteiger partial charge < -0.3 is 4.74 Å². The molecule has 29 heavy (non-hydrogen) atoms. The molecule has 150 valence electrons. The van der Waals surface area contributed by atoms with Crippen molar-refractivity contribution in [1.82, 2.24) is 4.98 Å². The van der Waals surface area contributed by atoms with Gasteiger partial charge in [0.25, 0.3) is 10.0 Å². The first-order chi connectivity index (χ1) is 13.7. The predicted octanol–water partition coefficient (Wildman–Crippen LogP) is 4.58. The molecule has 0 bridgehead atoms. The van der Waals surface area contributed by atoms with Gasteiger partial charge in [0, 0.05) is 30.9 Å². The van der Waals surface area contributed by atoms with Crippen LogP contribution >= 0.6 is 11.6 Å². The number of benzene rings is 2. The van der Waals surface area contributed by atoms with Gasteiger partial charge in [-0.25, -0.2) is 12.8 Å². The van der Waals surface area contributed by atoms with Crippen molar-refractivity contribution in [2.75, 3.05) is 4.72 Å². The molecule has 3 rings (SSSR count). The maximum atomic E-state index is 13.7. The number of carbonyl (C=O) groups excluding carboxylic acids is 1. The quantitative estimate of drug-likeness (QED) is 0.469. The Hall–Kier alpha value is -2.97. The molecule has 1 heterocycles. The molecule has 0 fully saturated rings. The number of halogens is 2. The van der Waals surface area contributed by atoms with E-state index in [9.17, 15) is 17.6 Å². The highest BCUT2D eigenvalue weighted by Crippen LogP contribution is 2.38. The fraction of sp³-hybridized carbons (Fsp3) is 0.100. The molecule has 1 aromatic heterocycles. The van der Waals surface area contributed by atoms with Gasteiger partial charge in [-0.2, -0.15) is 0 Å². The van der Waals surface area contributed by atoms with Crippen LogP contribution in [-0.4, -0.2) is 19.4 Å². The maximum Gasteiger partial charge on any atom is 0.308 e. The zero-order chi connectivity index (χ0) is 21.2. The molecule has 0 saturated carbocycles. The van der Waals surface area contributed by atoms with Crippen LogP contribution in [0.5, 0.6) is 5.75 Å². The van der Waals surface area contributed by atoms with E-state index < -0.39 is 21.8 Å². The zero-order valence-electron chi connectivity index (χ0n) is 15.4. The van der Waals surface area contributed by atoms with E-state index >= 15 is 0 Å². The number of hydrogen-bond acceptors (Lipinski definition) is 5. The Bertz CT molecular complexity index is 1200. The van der Waals surface area contributed by atoms with Crippen LogP contribution in [0.3, 0.4) is 0 Å². The number of esters is 1. The first-order valence-corrected chi connectivity index (χ1v) is 10.2. The summed E-state index contributed by atoms with van der Waals surface area (Å²) in [5, 5.41) is 0.0691. The van der Waals surface area contributed by atoms with Crippen molar-refractivity contribution in [1.29, 1.82) is 0 Å². The summed E-state index contributed by atoms with van der Waals surface area (Å²) >= 11 is 6.19. The summed E-state index contributed by atoms with van der Waals surface area (Å²) in [5.74, 6) is -1.15. The summed E-state index contributed by atoms with van der Waals surface area (Å²) in [6, 6.07) is 9.74. The van der Waals surface area contributed by atoms with Crippen molar-refractivity contribution in [2.45, 2.75) is 18.7 Å². The minimum Gasteiger partial charge on any atom is -0.425 e. The van der Waals surface area contributed by atoms with E-state index in [0.717, 1.165) is 0 Å². The average Bonchev–Trinajstić information content (AvgIpc) is 2.63. The molecular weight excluding hydrogens is 419 g/mol. The highest BCUT2D eigenvalue weighted by molar-refractivity contribution is 7.92. The third-order valence-electron chi connectivity index (χ3n) is 3.87. The van der Waals surface area contributed by atoms with Crippen molar-refractivity contribution in [3.8, 4) is 16.9 Å². The topological polar surface area (TPSA) is 85.4 Å². The highest BCUT2D eigenvalue weighted by Gasteiger charge is 2.20. The summed E-state index contributed by atoms with van der Waals surface area (Å²) in [6.07, 6.45) is 2.73. The summed E-state index contributed by atoms with van der Waals surface area (Å²) in [6.45, 7) is 2.91. The number of hydrogen-bond donors (Lipinski definition) is 1. The van der Waals surface area contributed by atoms with Crippen molar-refractivity contribution in [3.63, 3.8) is 0 Å². The molecule has 2 aromatic carbocycles. The first kappa shape index (κ1) is 20.8. The van der Waals surface area contributed by atoms with Crippen molar-refractivity contribution >= 4 is 33.3 Å². The van der Waals surface area contributed by atoms with E-state index in [-0.39, 0.29) is 21.4 Å². The molecular formula is C20H16ClFN2O4S. The predicted molar refractivity (Wildman–Crippen MR) is 108 cm³/mol. The number of nitrogens with one attached hydrogen (secondary N) is 1. The zero-order valence-corrected chi connectivity index (χ0v) is 17.0. The molecule has 0 aliphatic carbocycles. The molecule has 9 heteroatoms. The van der Waals surface area contributed by atoms with Crippen LogP contribution < -0.4 is 9.46 Å². The second-order valence-corrected chi connectivity index (χ2v) is 8.33. The lowest BCUT2D eigenvalue weighted by Crippen LogP contribution is -2.14. The minimum atomic E-state index is -4.02. The van der Waals surface area contributed by atoms with Gasteiger partial charge in [0.1, 0.15) is 10.7 Å². The van der Waals surface area contributed by atoms with Gasteiger partial charge in [0.2, 0.25) is 0 Å². The fourth-order valence-electron chi connectivity index (χ4n) is 2.64. The van der Waals surface area contributed by atoms with Crippen LogP contribution in [0.2, 0.25) is 5.02 Å². The number of carbonyl (C=O) groups is 1. The Morgan fingerprint density at radius 1 is 1.17 bits per heavy atom. The Kier molecular flexibility index (Phi) is 5.86. The van der Waals surface area contributed by atoms with Gasteiger partial charge in [0.15, 0.2) is 5.75 Å². The van der Waals surface area contributed by atoms with Crippen molar-refractivity contribution in [3.05, 3.63) is 71.3 Å². The van der Waals surface area contributed by atoms with E-state index in [2.05, 4.69) is 9.71 Å². The summed E-state index contributed by atoms with van der Waals surface area (Å²) in [7, 11) is -4.02. The lowest BCUT2D eigenvalue weighted by Gasteiger charge is -2.16. The lowest BCUT2D eigenvalue weighted by atomic mass is 10.0. The molecule has 0 spiro atoms. The normalized spacial score (nSPS) is 11.2. The first-order valence-electron chi connectivity index (χ1n) is 8.38. The van der Waals surface area contributed by atoms with Gasteiger partial charge in [-0.1, -0.05) is 23.7 Å². The monoisotopic (exact) mass is 434 g/mol. The van der Waals surface area contributed by atoms with Crippen LogP contribution in [0.4, 0.5) is 10.1 Å². The van der Waals surface area contributed by atoms with Gasteiger partial charge in [-0.3, -0.25) is 14.5 Å². The second kappa shape index (κ2) is 8.18. The molecule has 0 saturated heterocycles. The molecule has 0 unspecified atom stereocenters. The SMILES string of the molecule is CC(=O)Oc1cc(NS(=O)(=O)c2cncc(C)c2)c(-c2cccc(F)c2)cc1Cl. The Balaban J connectivity index is 2.15. The number of aryl methyl sites for hydroxylation is 1. The molecule has 0 aliphatic rings. The molecule has 0 atom stereocenters. The highest BCUT2D eigenvalue weighted by atomic mass is 35.5. The number of rotatable bonds is 5. The molecule has 6 nitrogen and oxygen atoms in total. The summed E-state index contributed by atoms with van der Waals surface area (Å²) in [4.78, 5) is 15.2. The Morgan fingerprint density at radius 2 is 1.93 bits per heavy atom. The number of nitrogens with zero attached hydrogens (tertiary/aromatic N) is 1. The molecule has 3 aromatic rings. The third kappa shape index (κ3) is 4.90. The standard InChI is InChI=1S/C20H16ClFN2O4S/c1-12-6-16(11-23-10-12)29(26,27)24-19-9-20(28-13(2)25)18(21)8-17(19)14-4-3-5-15(22)7-14/h3-11,24H,1-2H3. The molecule has 0 amide bonds. The number of pyridine rings is 1. The van der Waals surface area contributed by atoms with Gasteiger partial charge in [-0.05, 0) is 42.3 Å². The lowest BCUT2D eigenvalue weighted by molar-refractivity contribution is -0.131. The second-order valence-electron chi connectivity index (χ2n) is 6.24. The van der Waals surface area contributed by atoms with Crippen LogP contribution in [0.25, 0.3) is 11.1 Å². The van der Waals surface area contributed by atoms with Crippen LogP contribution in [0.1, 0.15) is 12.5 Å². The van der Waals surface area contributed by atoms with E-state index in [1.807, 2.05) is 0 Å². The van der Waals surface area contributed by atoms with Crippen LogP contribution in [0.15, 0.2) is 59.8 Å². The van der Waals surface area contributed by atoms with Crippen molar-refractivity contribution in [2.24, 2.45) is 0 Å². The summed E-state index contributed by atoms with van der Waals surface area (Å²) < 4.78 is 46.9. The van der Waals surface area contributed by atoms with Gasteiger partial charge >= 0.3 is 5.97 Å². The van der Waals surface area contributed by atoms with Crippen LogP contribution in [-0.2, 0) is 14.8 Å². The largest absolute Gasteiger partial charge is 0.425 e. The Labute approximate surface area is 172 Å². The number of anilines is 1. The minimum absolute atomic E-state index is 0.0283. The summed E-state index contributed by atoms with van der Waals surface area (Å²) in [5.41, 5.74) is 1.43. The van der Waals surface area contributed by atoms with Crippen molar-refractivity contribution < 1.29 is 22.3 Å². The maximum absolute atomic E-state index is 13.7. The molecule has 0 aliphatic heterocycles. The number of ether oxygens (including phenoxy) is 1. The Morgan fingerprint density at radius 3 is 2.59 bits per heavy atom. The number of sulfonamides is 1. The molecule has 0 radical (unpaired) electrons. The van der Waals surface area contributed by atoms with E-state index in [1.165, 1.54) is 55.7 Å². The van der Waals surface area contributed by atoms with E-state index in [4.69, 9.17) is 16.3 Å². The van der Waals surface area contributed by atoms with E-state index in [1.54, 1.807) is 13.0 Å². The van der Waals surface area contributed by atoms with Gasteiger partial charge in [-0.15, -0.1) is 0 Å². The average molecular weight is 435 g/mol. The van der Waals surface area contributed by atoms with Crippen LogP contribution in [0, 0.1) is 12.7 Å². The fourth-order valence-corrected chi connectivity index (χ4v) is 3.96. The molecule has 1 N–H and O–H groups in total. The smallest absolute Gasteiger partial charge is 0.308 e. The van der Waals surface area contributed by atoms with Gasteiger partial charge in [0.05, 0.1) is 10.7 Å². The van der Waals surface area contributed by atoms with E-state index in [0.29, 0.717) is 16.7 Å². The third-order valence-corrected chi connectivity index (χ3v) is 5.49. The number of aromatic nitrogens is 1.